The smallest absolute Gasteiger partial charge is 0.322 e. The van der Waals surface area contributed by atoms with Crippen LogP contribution in [0.3, 0.4) is 0 Å². The molecule has 1 atom stereocenters. The molecule has 13 nitrogen and oxygen atoms in total. The molecular weight excluding hydrogens is 580 g/mol. The molecule has 45 heavy (non-hydrogen) atoms. The summed E-state index contributed by atoms with van der Waals surface area (Å²) in [7, 11) is 1.96. The maximum atomic E-state index is 12.8. The fraction of sp³-hybridized carbons (Fsp3) is 0.625. The quantitative estimate of drug-likeness (QED) is 0.0956. The Balaban J connectivity index is -0.000000760. The van der Waals surface area contributed by atoms with Crippen LogP contribution in [0.5, 0.6) is 5.75 Å². The minimum atomic E-state index is -1.12. The molecule has 1 rings (SSSR count). The average molecular weight is 639 g/mol. The number of nitrogens with two attached hydrogens (primary N) is 1. The molecule has 0 aliphatic rings. The van der Waals surface area contributed by atoms with Gasteiger partial charge >= 0.3 is 5.97 Å². The van der Waals surface area contributed by atoms with E-state index in [0.717, 1.165) is 24.0 Å². The van der Waals surface area contributed by atoms with Gasteiger partial charge in [0.1, 0.15) is 18.1 Å². The van der Waals surface area contributed by atoms with Gasteiger partial charge in [-0.25, -0.2) is 0 Å². The molecule has 0 saturated heterocycles. The number of aromatic hydroxyl groups is 1. The van der Waals surface area contributed by atoms with Crippen LogP contribution in [-0.4, -0.2) is 79.3 Å². The van der Waals surface area contributed by atoms with Crippen molar-refractivity contribution in [3.63, 3.8) is 0 Å². The van der Waals surface area contributed by atoms with E-state index in [1.807, 2.05) is 69.4 Å². The number of carboxylic acids is 1. The number of hydrogen-bond donors (Lipinski definition) is 8. The van der Waals surface area contributed by atoms with Crippen molar-refractivity contribution >= 4 is 36.3 Å². The van der Waals surface area contributed by atoms with E-state index in [-0.39, 0.29) is 46.8 Å². The highest BCUT2D eigenvalue weighted by Crippen LogP contribution is 2.39. The molecule has 3 amide bonds. The zero-order chi connectivity index (χ0) is 36.0. The number of carbonyl (C=O) groups excluding carboxylic acids is 4. The van der Waals surface area contributed by atoms with E-state index in [1.165, 1.54) is 6.42 Å². The minimum Gasteiger partial charge on any atom is -0.507 e. The lowest BCUT2D eigenvalue weighted by Crippen LogP contribution is -2.36. The van der Waals surface area contributed by atoms with Crippen LogP contribution >= 0.6 is 0 Å². The summed E-state index contributed by atoms with van der Waals surface area (Å²) in [6.07, 6.45) is 2.66. The molecule has 0 bridgehead atoms. The SMILES string of the molecule is CC(CC(=O)C(C)C)NC(=O)c1cc(C(C)(C)C)c(O)c(C(C)(C)C)c1.CCCNC.N=CN.O=CNCC(=O)NCC(=O)O. The lowest BCUT2D eigenvalue weighted by atomic mass is 9.78. The fourth-order valence-corrected chi connectivity index (χ4v) is 3.43. The van der Waals surface area contributed by atoms with Crippen LogP contribution < -0.4 is 27.0 Å². The number of rotatable bonds is 12. The number of benzene rings is 1. The molecule has 9 N–H and O–H groups in total. The molecule has 1 aromatic rings. The van der Waals surface area contributed by atoms with Crippen LogP contribution in [0.4, 0.5) is 0 Å². The molecule has 0 radical (unpaired) electrons. The Labute approximate surface area is 269 Å². The van der Waals surface area contributed by atoms with Gasteiger partial charge in [-0.05, 0) is 49.9 Å². The van der Waals surface area contributed by atoms with Crippen LogP contribution in [0.1, 0.15) is 104 Å². The number of amides is 3. The Hall–Kier alpha value is -4.00. The molecule has 13 heteroatoms. The monoisotopic (exact) mass is 638 g/mol. The zero-order valence-corrected chi connectivity index (χ0v) is 29.0. The largest absolute Gasteiger partial charge is 0.507 e. The Morgan fingerprint density at radius 3 is 1.76 bits per heavy atom. The van der Waals surface area contributed by atoms with Crippen molar-refractivity contribution in [2.45, 2.75) is 99.0 Å². The molecule has 0 heterocycles. The van der Waals surface area contributed by atoms with E-state index < -0.39 is 18.4 Å². The van der Waals surface area contributed by atoms with E-state index in [9.17, 15) is 29.1 Å². The number of carboxylic acid groups (broad SMARTS) is 1. The van der Waals surface area contributed by atoms with Crippen LogP contribution in [0.25, 0.3) is 0 Å². The number of Topliss-reactive ketones (excluding diaryl/α,β-unsaturated/α-hetero) is 1. The highest BCUT2D eigenvalue weighted by molar-refractivity contribution is 5.95. The van der Waals surface area contributed by atoms with Crippen LogP contribution in [-0.2, 0) is 30.0 Å². The van der Waals surface area contributed by atoms with Gasteiger partial charge in [-0.2, -0.15) is 0 Å². The predicted molar refractivity (Wildman–Crippen MR) is 179 cm³/mol. The molecule has 258 valence electrons. The highest BCUT2D eigenvalue weighted by Gasteiger charge is 2.28. The third-order valence-electron chi connectivity index (χ3n) is 5.80. The summed E-state index contributed by atoms with van der Waals surface area (Å²) in [5.74, 6) is -1.52. The lowest BCUT2D eigenvalue weighted by molar-refractivity contribution is -0.137. The Bertz CT molecular complexity index is 1040. The number of phenols is 1. The van der Waals surface area contributed by atoms with Gasteiger partial charge in [-0.1, -0.05) is 62.3 Å². The van der Waals surface area contributed by atoms with Gasteiger partial charge in [0.2, 0.25) is 12.3 Å². The number of aliphatic carboxylic acids is 1. The van der Waals surface area contributed by atoms with E-state index in [1.54, 1.807) is 12.1 Å². The highest BCUT2D eigenvalue weighted by atomic mass is 16.4. The van der Waals surface area contributed by atoms with E-state index in [4.69, 9.17) is 10.5 Å². The zero-order valence-electron chi connectivity index (χ0n) is 29.0. The molecule has 1 aromatic carbocycles. The van der Waals surface area contributed by atoms with Crippen LogP contribution in [0.2, 0.25) is 0 Å². The molecule has 0 saturated carbocycles. The summed E-state index contributed by atoms with van der Waals surface area (Å²) in [6.45, 7) is 20.3. The number of hydrogen-bond acceptors (Lipinski definition) is 8. The first-order chi connectivity index (χ1) is 20.6. The number of carbonyl (C=O) groups is 5. The molecule has 0 aromatic heterocycles. The van der Waals surface area contributed by atoms with Crippen molar-refractivity contribution in [2.75, 3.05) is 26.7 Å². The van der Waals surface area contributed by atoms with Crippen molar-refractivity contribution in [2.24, 2.45) is 11.7 Å². The summed E-state index contributed by atoms with van der Waals surface area (Å²) in [5.41, 5.74) is 5.82. The average Bonchev–Trinajstić information content (AvgIpc) is 2.90. The number of nitrogens with one attached hydrogen (secondary N) is 5. The van der Waals surface area contributed by atoms with Gasteiger partial charge in [-0.3, -0.25) is 29.4 Å². The summed E-state index contributed by atoms with van der Waals surface area (Å²) >= 11 is 0. The molecule has 0 aliphatic carbocycles. The second kappa shape index (κ2) is 23.4. The maximum absolute atomic E-state index is 12.8. The summed E-state index contributed by atoms with van der Waals surface area (Å²) < 4.78 is 0. The summed E-state index contributed by atoms with van der Waals surface area (Å²) in [6, 6.07) is 3.29. The van der Waals surface area contributed by atoms with Crippen molar-refractivity contribution in [3.05, 3.63) is 28.8 Å². The lowest BCUT2D eigenvalue weighted by Gasteiger charge is -2.28. The van der Waals surface area contributed by atoms with Crippen LogP contribution in [0.15, 0.2) is 12.1 Å². The normalized spacial score (nSPS) is 11.1. The van der Waals surface area contributed by atoms with Crippen LogP contribution in [0, 0.1) is 11.3 Å². The molecule has 0 aliphatic heterocycles. The van der Waals surface area contributed by atoms with Crippen molar-refractivity contribution in [3.8, 4) is 5.75 Å². The van der Waals surface area contributed by atoms with Gasteiger partial charge < -0.3 is 37.2 Å². The Kier molecular flexibility index (Phi) is 23.6. The van der Waals surface area contributed by atoms with Crippen molar-refractivity contribution in [1.29, 1.82) is 5.41 Å². The van der Waals surface area contributed by atoms with Gasteiger partial charge in [-0.15, -0.1) is 0 Å². The minimum absolute atomic E-state index is 0.0389. The molecule has 0 spiro atoms. The second-order valence-corrected chi connectivity index (χ2v) is 12.6. The first-order valence-electron chi connectivity index (χ1n) is 14.9. The fourth-order valence-electron chi connectivity index (χ4n) is 3.43. The topological polar surface area (TPSA) is 224 Å². The van der Waals surface area contributed by atoms with Crippen molar-refractivity contribution in [1.82, 2.24) is 21.3 Å². The van der Waals surface area contributed by atoms with Gasteiger partial charge in [0.25, 0.3) is 5.91 Å². The predicted octanol–water partition coefficient (Wildman–Crippen LogP) is 2.82. The Morgan fingerprint density at radius 1 is 0.978 bits per heavy atom. The van der Waals surface area contributed by atoms with Gasteiger partial charge in [0, 0.05) is 35.1 Å². The van der Waals surface area contributed by atoms with E-state index >= 15 is 0 Å². The van der Waals surface area contributed by atoms with E-state index in [2.05, 4.69) is 33.9 Å². The Morgan fingerprint density at radius 2 is 1.44 bits per heavy atom. The van der Waals surface area contributed by atoms with Gasteiger partial charge in [0.05, 0.1) is 12.9 Å². The standard InChI is InChI=1S/C22H35NO3.C5H8N2O4.C4H11N.CH4N2/c1-13(2)18(24)10-14(3)23-20(26)15-11-16(21(4,5)6)19(25)17(12-15)22(7,8)9;8-3-6-1-4(9)7-2-5(10)11;1-3-4-5-2;2-1-3/h11-14,25H,10H2,1-9H3,(H,23,26);3H,1-2H2,(H,6,8)(H,7,9)(H,10,11);5H,3-4H2,1-2H3;1H,(H3,2,3). The second-order valence-electron chi connectivity index (χ2n) is 12.6. The third kappa shape index (κ3) is 22.2. The molecule has 1 unspecified atom stereocenters. The summed E-state index contributed by atoms with van der Waals surface area (Å²) in [5, 5.41) is 34.8. The number of ketones is 1. The van der Waals surface area contributed by atoms with E-state index in [0.29, 0.717) is 18.4 Å². The third-order valence-corrected chi connectivity index (χ3v) is 5.80. The van der Waals surface area contributed by atoms with Gasteiger partial charge in [0.15, 0.2) is 0 Å². The first kappa shape index (κ1) is 45.4. The molecular formula is C32H58N6O7. The summed E-state index contributed by atoms with van der Waals surface area (Å²) in [4.78, 5) is 54.7. The maximum Gasteiger partial charge on any atom is 0.322 e. The first-order valence-corrected chi connectivity index (χ1v) is 14.9. The number of phenolic OH excluding ortho intramolecular Hbond substituents is 1. The molecule has 0 fully saturated rings. The van der Waals surface area contributed by atoms with Crippen molar-refractivity contribution < 1.29 is 34.2 Å².